The number of carbonyl (C=O) groups is 2. The molecule has 0 atom stereocenters. The summed E-state index contributed by atoms with van der Waals surface area (Å²) in [5.41, 5.74) is 0.710. The Hall–Kier alpha value is 1.04. The molecule has 0 bridgehead atoms. The van der Waals surface area contributed by atoms with Crippen molar-refractivity contribution in [3.63, 3.8) is 0 Å². The third kappa shape index (κ3) is 3.87. The van der Waals surface area contributed by atoms with Crippen LogP contribution in [0, 0.1) is 14.3 Å². The lowest BCUT2D eigenvalue weighted by Gasteiger charge is -2.20. The summed E-state index contributed by atoms with van der Waals surface area (Å²) < 4.78 is 2.36. The van der Waals surface area contributed by atoms with Crippen LogP contribution in [0.5, 0.6) is 0 Å². The van der Waals surface area contributed by atoms with Gasteiger partial charge in [0.2, 0.25) is 0 Å². The van der Waals surface area contributed by atoms with E-state index in [9.17, 15) is 14.7 Å². The number of hydrogen-bond donors (Lipinski definition) is 2. The van der Waals surface area contributed by atoms with Gasteiger partial charge in [-0.25, -0.2) is 4.79 Å². The van der Waals surface area contributed by atoms with Crippen LogP contribution in [0.1, 0.15) is 20.7 Å². The summed E-state index contributed by atoms with van der Waals surface area (Å²) in [6.07, 6.45) is 0. The Morgan fingerprint density at radius 3 is 1.75 bits per heavy atom. The summed E-state index contributed by atoms with van der Waals surface area (Å²) in [5.74, 6) is -1.22. The lowest BCUT2D eigenvalue weighted by atomic mass is 10.1. The first-order valence-electron chi connectivity index (χ1n) is 5.19. The van der Waals surface area contributed by atoms with Gasteiger partial charge in [-0.05, 0) is 90.4 Å². The minimum absolute atomic E-state index is 0.114. The fourth-order valence-electron chi connectivity index (χ4n) is 1.45. The zero-order valence-electron chi connectivity index (χ0n) is 10.1. The molecule has 0 aromatic heterocycles. The van der Waals surface area contributed by atoms with E-state index in [-0.39, 0.29) is 24.6 Å². The highest BCUT2D eigenvalue weighted by Crippen LogP contribution is 2.33. The molecule has 9 heteroatoms. The Morgan fingerprint density at radius 1 is 1.00 bits per heavy atom. The zero-order chi connectivity index (χ0) is 15.6. The van der Waals surface area contributed by atoms with Gasteiger partial charge in [-0.3, -0.25) is 4.79 Å². The second-order valence-electron chi connectivity index (χ2n) is 3.76. The monoisotopic (exact) mass is 727 g/mol. The van der Waals surface area contributed by atoms with Crippen molar-refractivity contribution in [2.24, 2.45) is 0 Å². The number of carboxylic acids is 1. The number of carboxylic acid groups (broad SMARTS) is 1. The molecule has 0 unspecified atom stereocenters. The van der Waals surface area contributed by atoms with E-state index in [0.29, 0.717) is 19.8 Å². The molecule has 5 nitrogen and oxygen atoms in total. The molecule has 0 aliphatic rings. The zero-order valence-corrected chi connectivity index (χ0v) is 18.7. The molecule has 0 radical (unpaired) electrons. The number of carbonyl (C=O) groups excluding carboxylic acids is 1. The standard InChI is InChI=1S/C11H9I4NO4/c1-16(2-3-17)10(18)4-6(12)8(14)5(11(19)20)9(15)7(4)13/h17H,2-3H2,1H3,(H,19,20). The van der Waals surface area contributed by atoms with Crippen molar-refractivity contribution in [1.82, 2.24) is 4.90 Å². The Bertz CT molecular complexity index is 547. The van der Waals surface area contributed by atoms with Crippen LogP contribution >= 0.6 is 90.4 Å². The average molecular weight is 727 g/mol. The molecule has 1 aromatic rings. The second kappa shape index (κ2) is 8.05. The molecule has 0 heterocycles. The molecule has 0 aliphatic heterocycles. The Labute approximate surface area is 170 Å². The summed E-state index contributed by atoms with van der Waals surface area (Å²) in [7, 11) is 1.61. The summed E-state index contributed by atoms with van der Waals surface area (Å²) in [4.78, 5) is 25.2. The van der Waals surface area contributed by atoms with Crippen molar-refractivity contribution < 1.29 is 19.8 Å². The first kappa shape index (κ1) is 19.1. The number of hydrogen-bond acceptors (Lipinski definition) is 3. The summed E-state index contributed by atoms with van der Waals surface area (Å²) in [5, 5.41) is 18.2. The Morgan fingerprint density at radius 2 is 1.40 bits per heavy atom. The van der Waals surface area contributed by atoms with E-state index in [0.717, 1.165) is 0 Å². The molecule has 110 valence electrons. The average Bonchev–Trinajstić information content (AvgIpc) is 2.36. The normalized spacial score (nSPS) is 10.5. The molecule has 0 saturated heterocycles. The first-order valence-corrected chi connectivity index (χ1v) is 9.51. The third-order valence-corrected chi connectivity index (χ3v) is 8.85. The Kier molecular flexibility index (Phi) is 7.68. The number of rotatable bonds is 4. The number of likely N-dealkylation sites (N-methyl/N-ethyl adjacent to an activating group) is 1. The van der Waals surface area contributed by atoms with Crippen LogP contribution in [0.25, 0.3) is 0 Å². The van der Waals surface area contributed by atoms with Crippen molar-refractivity contribution in [3.8, 4) is 0 Å². The molecular weight excluding hydrogens is 718 g/mol. The van der Waals surface area contributed by atoms with Gasteiger partial charge in [-0.15, -0.1) is 0 Å². The SMILES string of the molecule is CN(CCO)C(=O)c1c(I)c(I)c(C(=O)O)c(I)c1I. The number of halogens is 4. The van der Waals surface area contributed by atoms with Gasteiger partial charge in [-0.2, -0.15) is 0 Å². The predicted octanol–water partition coefficient (Wildman–Crippen LogP) is 2.87. The molecule has 0 saturated carbocycles. The van der Waals surface area contributed by atoms with E-state index in [1.54, 1.807) is 7.05 Å². The van der Waals surface area contributed by atoms with Gasteiger partial charge in [0.05, 0.1) is 17.7 Å². The van der Waals surface area contributed by atoms with Crippen LogP contribution in [-0.2, 0) is 0 Å². The molecule has 1 aromatic carbocycles. The van der Waals surface area contributed by atoms with Gasteiger partial charge < -0.3 is 15.1 Å². The van der Waals surface area contributed by atoms with Crippen LogP contribution in [0.3, 0.4) is 0 Å². The topological polar surface area (TPSA) is 77.8 Å². The highest BCUT2D eigenvalue weighted by molar-refractivity contribution is 14.1. The number of aromatic carboxylic acids is 1. The maximum Gasteiger partial charge on any atom is 0.337 e. The van der Waals surface area contributed by atoms with Crippen molar-refractivity contribution in [3.05, 3.63) is 25.4 Å². The second-order valence-corrected chi connectivity index (χ2v) is 8.08. The van der Waals surface area contributed by atoms with Gasteiger partial charge in [0.15, 0.2) is 0 Å². The largest absolute Gasteiger partial charge is 0.478 e. The number of aliphatic hydroxyl groups excluding tert-OH is 1. The van der Waals surface area contributed by atoms with Gasteiger partial charge in [0, 0.05) is 27.9 Å². The van der Waals surface area contributed by atoms with Crippen LogP contribution in [0.4, 0.5) is 0 Å². The summed E-state index contributed by atoms with van der Waals surface area (Å²) in [6, 6.07) is 0. The molecule has 0 fully saturated rings. The van der Waals surface area contributed by atoms with Crippen LogP contribution in [0.2, 0.25) is 0 Å². The predicted molar refractivity (Wildman–Crippen MR) is 108 cm³/mol. The van der Waals surface area contributed by atoms with Gasteiger partial charge in [-0.1, -0.05) is 0 Å². The maximum absolute atomic E-state index is 12.4. The minimum atomic E-state index is -1.00. The van der Waals surface area contributed by atoms with Gasteiger partial charge >= 0.3 is 5.97 Å². The Balaban J connectivity index is 3.51. The fraction of sp³-hybridized carbons (Fsp3) is 0.273. The van der Waals surface area contributed by atoms with Crippen LogP contribution in [0.15, 0.2) is 0 Å². The molecule has 1 amide bonds. The van der Waals surface area contributed by atoms with E-state index >= 15 is 0 Å². The lowest BCUT2D eigenvalue weighted by Crippen LogP contribution is -2.31. The summed E-state index contributed by atoms with van der Waals surface area (Å²) in [6.45, 7) is 0.121. The van der Waals surface area contributed by atoms with Crippen molar-refractivity contribution in [2.75, 3.05) is 20.2 Å². The summed E-state index contributed by atoms with van der Waals surface area (Å²) >= 11 is 7.89. The number of benzene rings is 1. The quantitative estimate of drug-likeness (QED) is 0.370. The van der Waals surface area contributed by atoms with Gasteiger partial charge in [0.25, 0.3) is 5.91 Å². The lowest BCUT2D eigenvalue weighted by molar-refractivity contribution is 0.0691. The van der Waals surface area contributed by atoms with E-state index in [1.807, 2.05) is 90.4 Å². The minimum Gasteiger partial charge on any atom is -0.478 e. The van der Waals surface area contributed by atoms with E-state index in [2.05, 4.69) is 0 Å². The highest BCUT2D eigenvalue weighted by Gasteiger charge is 2.27. The fourth-order valence-corrected chi connectivity index (χ4v) is 5.56. The van der Waals surface area contributed by atoms with E-state index < -0.39 is 5.97 Å². The first-order chi connectivity index (χ1) is 9.23. The van der Waals surface area contributed by atoms with Crippen molar-refractivity contribution in [2.45, 2.75) is 0 Å². The molecular formula is C11H9I4NO4. The van der Waals surface area contributed by atoms with Crippen LogP contribution in [-0.4, -0.2) is 47.2 Å². The molecule has 0 aliphatic carbocycles. The molecule has 0 spiro atoms. The number of aliphatic hydroxyl groups is 1. The maximum atomic E-state index is 12.4. The highest BCUT2D eigenvalue weighted by atomic mass is 127. The molecule has 2 N–H and O–H groups in total. The smallest absolute Gasteiger partial charge is 0.337 e. The van der Waals surface area contributed by atoms with E-state index in [1.165, 1.54) is 4.90 Å². The molecule has 1 rings (SSSR count). The van der Waals surface area contributed by atoms with Crippen molar-refractivity contribution in [1.29, 1.82) is 0 Å². The third-order valence-electron chi connectivity index (χ3n) is 2.47. The van der Waals surface area contributed by atoms with Gasteiger partial charge in [0.1, 0.15) is 0 Å². The van der Waals surface area contributed by atoms with E-state index in [4.69, 9.17) is 5.11 Å². The van der Waals surface area contributed by atoms with Crippen molar-refractivity contribution >= 4 is 102 Å². The number of nitrogens with zero attached hydrogens (tertiary/aromatic N) is 1. The van der Waals surface area contributed by atoms with Crippen LogP contribution < -0.4 is 0 Å². The number of amides is 1. The molecule has 20 heavy (non-hydrogen) atoms.